The quantitative estimate of drug-likeness (QED) is 0.428. The summed E-state index contributed by atoms with van der Waals surface area (Å²) in [6.45, 7) is 13.6. The third kappa shape index (κ3) is 8.09. The van der Waals surface area contributed by atoms with Gasteiger partial charge in [0.05, 0.1) is 24.5 Å². The van der Waals surface area contributed by atoms with E-state index in [1.54, 1.807) is 9.80 Å². The van der Waals surface area contributed by atoms with Gasteiger partial charge in [0, 0.05) is 36.5 Å². The largest absolute Gasteiger partial charge is 0.449 e. The minimum absolute atomic E-state index is 0.179. The zero-order chi connectivity index (χ0) is 29.1. The topological polar surface area (TPSA) is 110 Å². The molecule has 40 heavy (non-hydrogen) atoms. The van der Waals surface area contributed by atoms with Crippen molar-refractivity contribution >= 4 is 35.3 Å². The number of benzene rings is 1. The molecule has 0 bridgehead atoms. The zero-order valence-electron chi connectivity index (χ0n) is 24.2. The van der Waals surface area contributed by atoms with Crippen molar-refractivity contribution in [1.82, 2.24) is 14.8 Å². The van der Waals surface area contributed by atoms with Crippen LogP contribution in [0.3, 0.4) is 0 Å². The molecule has 4 rings (SSSR count). The van der Waals surface area contributed by atoms with E-state index in [9.17, 15) is 14.4 Å². The van der Waals surface area contributed by atoms with Crippen molar-refractivity contribution in [3.05, 3.63) is 34.8 Å². The van der Waals surface area contributed by atoms with E-state index < -0.39 is 17.3 Å². The van der Waals surface area contributed by atoms with E-state index in [1.807, 2.05) is 65.8 Å². The van der Waals surface area contributed by atoms with Gasteiger partial charge in [-0.05, 0) is 72.4 Å². The summed E-state index contributed by atoms with van der Waals surface area (Å²) in [4.78, 5) is 46.8. The van der Waals surface area contributed by atoms with E-state index in [0.717, 1.165) is 34.0 Å². The van der Waals surface area contributed by atoms with Gasteiger partial charge in [0.1, 0.15) is 16.2 Å². The van der Waals surface area contributed by atoms with Gasteiger partial charge in [-0.3, -0.25) is 5.32 Å². The van der Waals surface area contributed by atoms with Gasteiger partial charge in [-0.15, -0.1) is 11.3 Å². The first-order valence-corrected chi connectivity index (χ1v) is 14.6. The van der Waals surface area contributed by atoms with Gasteiger partial charge in [-0.1, -0.05) is 12.1 Å². The highest BCUT2D eigenvalue weighted by molar-refractivity contribution is 7.15. The van der Waals surface area contributed by atoms with Crippen molar-refractivity contribution in [2.45, 2.75) is 78.6 Å². The van der Waals surface area contributed by atoms with E-state index in [2.05, 4.69) is 5.32 Å². The van der Waals surface area contributed by atoms with Crippen LogP contribution in [0.4, 0.5) is 20.1 Å². The van der Waals surface area contributed by atoms with Crippen LogP contribution in [0.15, 0.2) is 24.3 Å². The Bertz CT molecular complexity index is 1220. The molecule has 10 nitrogen and oxygen atoms in total. The zero-order valence-corrected chi connectivity index (χ0v) is 25.1. The van der Waals surface area contributed by atoms with Crippen LogP contribution >= 0.6 is 11.3 Å². The first-order chi connectivity index (χ1) is 18.8. The van der Waals surface area contributed by atoms with Crippen molar-refractivity contribution < 1.29 is 28.6 Å². The highest BCUT2D eigenvalue weighted by atomic mass is 32.1. The lowest BCUT2D eigenvalue weighted by atomic mass is 9.98. The average Bonchev–Trinajstić information content (AvgIpc) is 3.29. The third-order valence-corrected chi connectivity index (χ3v) is 7.61. The van der Waals surface area contributed by atoms with Gasteiger partial charge in [-0.2, -0.15) is 0 Å². The molecule has 0 saturated carbocycles. The van der Waals surface area contributed by atoms with Crippen LogP contribution in [0.25, 0.3) is 10.6 Å². The Morgan fingerprint density at radius 2 is 1.57 bits per heavy atom. The van der Waals surface area contributed by atoms with E-state index in [-0.39, 0.29) is 24.7 Å². The first kappa shape index (κ1) is 29.6. The standard InChI is InChI=1S/C29H40N4O6S/c1-28(2,3)38-26(35)32-14-11-19(12-15-32)18-37-25(34)31-21-10-8-7-9-20(21)24-30-22-13-16-33(17-23(22)40-24)27(36)39-29(4,5)6/h7-10,19H,11-18H2,1-6H3,(H,31,34). The Morgan fingerprint density at radius 3 is 2.23 bits per heavy atom. The molecule has 3 heterocycles. The minimum Gasteiger partial charge on any atom is -0.449 e. The number of ether oxygens (including phenoxy) is 3. The summed E-state index contributed by atoms with van der Waals surface area (Å²) in [5, 5.41) is 3.65. The maximum absolute atomic E-state index is 12.7. The van der Waals surface area contributed by atoms with Crippen LogP contribution in [-0.4, -0.2) is 70.5 Å². The number of anilines is 1. The van der Waals surface area contributed by atoms with Crippen LogP contribution in [-0.2, 0) is 27.2 Å². The van der Waals surface area contributed by atoms with E-state index >= 15 is 0 Å². The Kier molecular flexibility index (Phi) is 8.92. The lowest BCUT2D eigenvalue weighted by molar-refractivity contribution is 0.0151. The number of nitrogens with zero attached hydrogens (tertiary/aromatic N) is 3. The van der Waals surface area contributed by atoms with Gasteiger partial charge in [-0.25, -0.2) is 19.4 Å². The maximum atomic E-state index is 12.7. The molecular formula is C29H40N4O6S. The number of rotatable bonds is 4. The number of carbonyl (C=O) groups is 3. The smallest absolute Gasteiger partial charge is 0.411 e. The molecule has 0 unspecified atom stereocenters. The second kappa shape index (κ2) is 12.0. The predicted octanol–water partition coefficient (Wildman–Crippen LogP) is 6.30. The van der Waals surface area contributed by atoms with Crippen LogP contribution in [0, 0.1) is 5.92 Å². The fourth-order valence-electron chi connectivity index (χ4n) is 4.52. The summed E-state index contributed by atoms with van der Waals surface area (Å²) < 4.78 is 16.5. The molecule has 0 aliphatic carbocycles. The Morgan fingerprint density at radius 1 is 0.950 bits per heavy atom. The lowest BCUT2D eigenvalue weighted by Gasteiger charge is -2.33. The lowest BCUT2D eigenvalue weighted by Crippen LogP contribution is -2.42. The number of likely N-dealkylation sites (tertiary alicyclic amines) is 1. The summed E-state index contributed by atoms with van der Waals surface area (Å²) in [6, 6.07) is 7.49. The number of nitrogens with one attached hydrogen (secondary N) is 1. The van der Waals surface area contributed by atoms with Crippen molar-refractivity contribution in [2.75, 3.05) is 31.6 Å². The Hall–Kier alpha value is -3.34. The fraction of sp³-hybridized carbons (Fsp3) is 0.586. The summed E-state index contributed by atoms with van der Waals surface area (Å²) in [7, 11) is 0. The molecule has 0 atom stereocenters. The number of hydrogen-bond donors (Lipinski definition) is 1. The summed E-state index contributed by atoms with van der Waals surface area (Å²) in [5.74, 6) is 0.179. The molecule has 1 aromatic carbocycles. The molecule has 1 saturated heterocycles. The van der Waals surface area contributed by atoms with E-state index in [1.165, 1.54) is 11.3 Å². The summed E-state index contributed by atoms with van der Waals surface area (Å²) in [6.07, 6.45) is 0.980. The molecular weight excluding hydrogens is 532 g/mol. The number of hydrogen-bond acceptors (Lipinski definition) is 8. The van der Waals surface area contributed by atoms with Gasteiger partial charge < -0.3 is 24.0 Å². The number of thiazole rings is 1. The first-order valence-electron chi connectivity index (χ1n) is 13.7. The second-order valence-electron chi connectivity index (χ2n) is 12.2. The number of fused-ring (bicyclic) bond motifs is 1. The molecule has 2 aliphatic heterocycles. The Balaban J connectivity index is 1.31. The highest BCUT2D eigenvalue weighted by Crippen LogP contribution is 2.36. The number of aromatic nitrogens is 1. The summed E-state index contributed by atoms with van der Waals surface area (Å²) >= 11 is 1.52. The van der Waals surface area contributed by atoms with Gasteiger partial charge in [0.25, 0.3) is 0 Å². The monoisotopic (exact) mass is 572 g/mol. The van der Waals surface area contributed by atoms with Crippen LogP contribution < -0.4 is 5.32 Å². The SMILES string of the molecule is CC(C)(C)OC(=O)N1CCC(COC(=O)Nc2ccccc2-c2nc3c(s2)CN(C(=O)OC(C)(C)C)CC3)CC1. The fourth-order valence-corrected chi connectivity index (χ4v) is 5.68. The molecule has 11 heteroatoms. The second-order valence-corrected chi connectivity index (χ2v) is 13.3. The molecule has 1 aromatic heterocycles. The van der Waals surface area contributed by atoms with Gasteiger partial charge in [0.2, 0.25) is 0 Å². The predicted molar refractivity (Wildman–Crippen MR) is 153 cm³/mol. The van der Waals surface area contributed by atoms with E-state index in [0.29, 0.717) is 38.3 Å². The molecule has 3 amide bonds. The van der Waals surface area contributed by atoms with Gasteiger partial charge >= 0.3 is 18.3 Å². The molecule has 0 radical (unpaired) electrons. The Labute approximate surface area is 240 Å². The number of amides is 3. The van der Waals surface area contributed by atoms with Gasteiger partial charge in [0.15, 0.2) is 0 Å². The van der Waals surface area contributed by atoms with Crippen LogP contribution in [0.2, 0.25) is 0 Å². The van der Waals surface area contributed by atoms with Crippen LogP contribution in [0.5, 0.6) is 0 Å². The average molecular weight is 573 g/mol. The van der Waals surface area contributed by atoms with Crippen molar-refractivity contribution in [2.24, 2.45) is 5.92 Å². The van der Waals surface area contributed by atoms with Crippen molar-refractivity contribution in [1.29, 1.82) is 0 Å². The molecule has 0 spiro atoms. The van der Waals surface area contributed by atoms with Crippen LogP contribution in [0.1, 0.15) is 65.0 Å². The minimum atomic E-state index is -0.549. The molecule has 218 valence electrons. The highest BCUT2D eigenvalue weighted by Gasteiger charge is 2.29. The van der Waals surface area contributed by atoms with Crippen molar-refractivity contribution in [3.63, 3.8) is 0 Å². The maximum Gasteiger partial charge on any atom is 0.411 e. The molecule has 2 aromatic rings. The summed E-state index contributed by atoms with van der Waals surface area (Å²) in [5.41, 5.74) is 1.31. The molecule has 1 fully saturated rings. The molecule has 2 aliphatic rings. The normalized spacial score (nSPS) is 16.2. The number of piperidine rings is 1. The molecule has 1 N–H and O–H groups in total. The third-order valence-electron chi connectivity index (χ3n) is 6.49. The number of carbonyl (C=O) groups excluding carboxylic acids is 3. The van der Waals surface area contributed by atoms with E-state index in [4.69, 9.17) is 19.2 Å². The van der Waals surface area contributed by atoms with Crippen molar-refractivity contribution in [3.8, 4) is 10.6 Å². The number of para-hydroxylation sites is 1.